The van der Waals surface area contributed by atoms with E-state index in [2.05, 4.69) is 15.3 Å². The molecule has 9 nitrogen and oxygen atoms in total. The van der Waals surface area contributed by atoms with E-state index in [1.165, 1.54) is 0 Å². The number of alkyl carbamates (subject to hydrolysis) is 1. The largest absolute Gasteiger partial charge is 0.465 e. The number of nitrogens with zero attached hydrogens (tertiary/aromatic N) is 4. The van der Waals surface area contributed by atoms with Crippen molar-refractivity contribution < 1.29 is 19.4 Å². The zero-order chi connectivity index (χ0) is 15.9. The van der Waals surface area contributed by atoms with Crippen LogP contribution in [-0.2, 0) is 11.3 Å². The highest BCUT2D eigenvalue weighted by Crippen LogP contribution is 2.14. The lowest BCUT2D eigenvalue weighted by Crippen LogP contribution is -2.42. The van der Waals surface area contributed by atoms with Gasteiger partial charge in [0, 0.05) is 18.0 Å². The number of benzene rings is 1. The van der Waals surface area contributed by atoms with Gasteiger partial charge >= 0.3 is 12.2 Å². The lowest BCUT2D eigenvalue weighted by atomic mass is 10.2. The molecular formula is C13H15N5O4. The van der Waals surface area contributed by atoms with Crippen LogP contribution in [0.2, 0.25) is 0 Å². The van der Waals surface area contributed by atoms with Crippen molar-refractivity contribution in [3.05, 3.63) is 46.3 Å². The Balaban J connectivity index is 1.89. The summed E-state index contributed by atoms with van der Waals surface area (Å²) in [6.45, 7) is 0.205. The molecule has 1 heterocycles. The van der Waals surface area contributed by atoms with Gasteiger partial charge in [0.15, 0.2) is 0 Å². The summed E-state index contributed by atoms with van der Waals surface area (Å²) in [4.78, 5) is 26.5. The highest BCUT2D eigenvalue weighted by molar-refractivity contribution is 5.69. The molecule has 1 aromatic carbocycles. The van der Waals surface area contributed by atoms with Gasteiger partial charge in [-0.3, -0.25) is 0 Å². The van der Waals surface area contributed by atoms with E-state index >= 15 is 0 Å². The van der Waals surface area contributed by atoms with Gasteiger partial charge in [0.2, 0.25) is 0 Å². The van der Waals surface area contributed by atoms with Crippen LogP contribution in [0.5, 0.6) is 0 Å². The molecule has 0 aromatic heterocycles. The van der Waals surface area contributed by atoms with Crippen LogP contribution < -0.4 is 5.32 Å². The first-order valence-corrected chi connectivity index (χ1v) is 6.59. The number of hydrogen-bond donors (Lipinski definition) is 2. The van der Waals surface area contributed by atoms with Gasteiger partial charge in [-0.05, 0) is 11.1 Å². The third-order valence-electron chi connectivity index (χ3n) is 3.28. The second-order valence-corrected chi connectivity index (χ2v) is 4.77. The Hall–Kier alpha value is -2.93. The molecule has 1 fully saturated rings. The Morgan fingerprint density at radius 1 is 1.41 bits per heavy atom. The number of nitrogens with one attached hydrogen (secondary N) is 1. The van der Waals surface area contributed by atoms with Crippen molar-refractivity contribution in [3.8, 4) is 0 Å². The molecule has 0 saturated carbocycles. The minimum atomic E-state index is -1.12. The van der Waals surface area contributed by atoms with Gasteiger partial charge in [-0.25, -0.2) is 9.59 Å². The lowest BCUT2D eigenvalue weighted by Gasteiger charge is -2.15. The topological polar surface area (TPSA) is 128 Å². The van der Waals surface area contributed by atoms with E-state index in [9.17, 15) is 9.59 Å². The van der Waals surface area contributed by atoms with E-state index < -0.39 is 24.3 Å². The SMILES string of the molecule is [N-]=[N+]=NC1CN(C(=O)O)CC1NC(=O)OCc1ccccc1. The first kappa shape index (κ1) is 15.5. The Morgan fingerprint density at radius 3 is 2.77 bits per heavy atom. The summed E-state index contributed by atoms with van der Waals surface area (Å²) in [6, 6.07) is 7.90. The molecule has 2 amide bonds. The van der Waals surface area contributed by atoms with Gasteiger partial charge in [-0.1, -0.05) is 35.4 Å². The molecule has 0 spiro atoms. The predicted octanol–water partition coefficient (Wildman–Crippen LogP) is 1.95. The van der Waals surface area contributed by atoms with Crippen molar-refractivity contribution in [2.75, 3.05) is 13.1 Å². The number of carboxylic acid groups (broad SMARTS) is 1. The Morgan fingerprint density at radius 2 is 2.14 bits per heavy atom. The van der Waals surface area contributed by atoms with Gasteiger partial charge in [0.05, 0.1) is 12.1 Å². The minimum absolute atomic E-state index is 0.0447. The van der Waals surface area contributed by atoms with Crippen molar-refractivity contribution in [2.24, 2.45) is 5.11 Å². The molecule has 0 aliphatic carbocycles. The monoisotopic (exact) mass is 305 g/mol. The van der Waals surface area contributed by atoms with Crippen LogP contribution in [0.4, 0.5) is 9.59 Å². The normalized spacial score (nSPS) is 20.1. The average Bonchev–Trinajstić information content (AvgIpc) is 2.90. The lowest BCUT2D eigenvalue weighted by molar-refractivity contribution is 0.133. The summed E-state index contributed by atoms with van der Waals surface area (Å²) in [5.41, 5.74) is 9.34. The van der Waals surface area contributed by atoms with E-state index in [-0.39, 0.29) is 19.7 Å². The predicted molar refractivity (Wildman–Crippen MR) is 76.1 cm³/mol. The number of hydrogen-bond acceptors (Lipinski definition) is 4. The zero-order valence-corrected chi connectivity index (χ0v) is 11.6. The van der Waals surface area contributed by atoms with Gasteiger partial charge in [0.25, 0.3) is 0 Å². The number of ether oxygens (including phenoxy) is 1. The number of carbonyl (C=O) groups is 2. The maximum absolute atomic E-state index is 11.8. The van der Waals surface area contributed by atoms with Gasteiger partial charge in [0.1, 0.15) is 6.61 Å². The number of azide groups is 1. The first-order valence-electron chi connectivity index (χ1n) is 6.59. The fraction of sp³-hybridized carbons (Fsp3) is 0.385. The third kappa shape index (κ3) is 4.03. The van der Waals surface area contributed by atoms with Crippen molar-refractivity contribution in [1.29, 1.82) is 0 Å². The molecule has 0 bridgehead atoms. The molecule has 1 aliphatic rings. The van der Waals surface area contributed by atoms with E-state index in [4.69, 9.17) is 15.4 Å². The van der Waals surface area contributed by atoms with E-state index in [0.717, 1.165) is 10.5 Å². The number of carbonyl (C=O) groups excluding carboxylic acids is 1. The van der Waals surface area contributed by atoms with Crippen LogP contribution in [0.3, 0.4) is 0 Å². The van der Waals surface area contributed by atoms with Crippen molar-refractivity contribution in [1.82, 2.24) is 10.2 Å². The smallest absolute Gasteiger partial charge is 0.407 e. The molecule has 9 heteroatoms. The first-order chi connectivity index (χ1) is 10.6. The van der Waals surface area contributed by atoms with Crippen LogP contribution in [0.15, 0.2) is 35.4 Å². The summed E-state index contributed by atoms with van der Waals surface area (Å²) < 4.78 is 5.06. The molecule has 22 heavy (non-hydrogen) atoms. The van der Waals surface area contributed by atoms with Crippen LogP contribution in [-0.4, -0.2) is 47.4 Å². The zero-order valence-electron chi connectivity index (χ0n) is 11.6. The molecular weight excluding hydrogens is 290 g/mol. The number of amides is 2. The Bertz CT molecular complexity index is 587. The molecule has 116 valence electrons. The fourth-order valence-electron chi connectivity index (χ4n) is 2.18. The summed E-state index contributed by atoms with van der Waals surface area (Å²) >= 11 is 0. The molecule has 2 N–H and O–H groups in total. The van der Waals surface area contributed by atoms with Gasteiger partial charge in [-0.2, -0.15) is 0 Å². The van der Waals surface area contributed by atoms with Crippen LogP contribution >= 0.6 is 0 Å². The molecule has 1 aliphatic heterocycles. The maximum Gasteiger partial charge on any atom is 0.407 e. The van der Waals surface area contributed by atoms with E-state index in [1.807, 2.05) is 30.3 Å². The van der Waals surface area contributed by atoms with Crippen molar-refractivity contribution in [2.45, 2.75) is 18.7 Å². The highest BCUT2D eigenvalue weighted by atomic mass is 16.5. The summed E-state index contributed by atoms with van der Waals surface area (Å²) in [5, 5.41) is 15.0. The van der Waals surface area contributed by atoms with Crippen LogP contribution in [0.25, 0.3) is 10.4 Å². The second kappa shape index (κ2) is 7.19. The fourth-order valence-corrected chi connectivity index (χ4v) is 2.18. The summed E-state index contributed by atoms with van der Waals surface area (Å²) in [5.74, 6) is 0. The molecule has 1 saturated heterocycles. The summed E-state index contributed by atoms with van der Waals surface area (Å²) in [6.07, 6.45) is -1.81. The average molecular weight is 305 g/mol. The van der Waals surface area contributed by atoms with Gasteiger partial charge < -0.3 is 20.1 Å². The standard InChI is InChI=1S/C13H15N5O4/c14-17-16-11-7-18(13(20)21)6-10(11)15-12(19)22-8-9-4-2-1-3-5-9/h1-5,10-11H,6-8H2,(H,15,19)(H,20,21). The molecule has 0 radical (unpaired) electrons. The summed E-state index contributed by atoms with van der Waals surface area (Å²) in [7, 11) is 0. The quantitative estimate of drug-likeness (QED) is 0.500. The molecule has 2 atom stereocenters. The minimum Gasteiger partial charge on any atom is -0.465 e. The second-order valence-electron chi connectivity index (χ2n) is 4.77. The highest BCUT2D eigenvalue weighted by Gasteiger charge is 2.35. The van der Waals surface area contributed by atoms with E-state index in [1.54, 1.807) is 0 Å². The third-order valence-corrected chi connectivity index (χ3v) is 3.28. The number of likely N-dealkylation sites (tertiary alicyclic amines) is 1. The number of rotatable bonds is 4. The Kier molecular flexibility index (Phi) is 5.05. The van der Waals surface area contributed by atoms with Crippen LogP contribution in [0.1, 0.15) is 5.56 Å². The van der Waals surface area contributed by atoms with Crippen molar-refractivity contribution >= 4 is 12.2 Å². The molecule has 2 rings (SSSR count). The van der Waals surface area contributed by atoms with Crippen molar-refractivity contribution in [3.63, 3.8) is 0 Å². The van der Waals surface area contributed by atoms with Crippen LogP contribution in [0, 0.1) is 0 Å². The Labute approximate surface area is 126 Å². The molecule has 1 aromatic rings. The van der Waals surface area contributed by atoms with Gasteiger partial charge in [-0.15, -0.1) is 0 Å². The van der Waals surface area contributed by atoms with E-state index in [0.29, 0.717) is 0 Å². The maximum atomic E-state index is 11.8. The molecule has 2 unspecified atom stereocenters.